The molecule has 0 aliphatic carbocycles. The molecule has 0 amide bonds. The Morgan fingerprint density at radius 1 is 1.06 bits per heavy atom. The lowest BCUT2D eigenvalue weighted by Gasteiger charge is -2.06. The lowest BCUT2D eigenvalue weighted by molar-refractivity contribution is 0.414. The number of hydrogen-bond donors (Lipinski definition) is 0. The standard InChI is InChI=1S/C16H14NO/c1-18-15-8-6-13(7-9-15)12-17-11-10-14-4-2-3-5-16(14)17/h2-9,11H,12H2,1H3. The van der Waals surface area contributed by atoms with E-state index in [0.29, 0.717) is 0 Å². The molecule has 0 aliphatic rings. The summed E-state index contributed by atoms with van der Waals surface area (Å²) in [5, 5.41) is 1.16. The summed E-state index contributed by atoms with van der Waals surface area (Å²) < 4.78 is 7.37. The third-order valence-corrected chi connectivity index (χ3v) is 3.10. The van der Waals surface area contributed by atoms with Gasteiger partial charge in [0.1, 0.15) is 5.75 Å². The van der Waals surface area contributed by atoms with Gasteiger partial charge in [-0.3, -0.25) is 0 Å². The molecule has 2 heteroatoms. The number of nitrogens with zero attached hydrogens (tertiary/aromatic N) is 1. The maximum atomic E-state index is 5.16. The third kappa shape index (κ3) is 1.97. The van der Waals surface area contributed by atoms with Gasteiger partial charge in [-0.1, -0.05) is 30.3 Å². The van der Waals surface area contributed by atoms with Crippen molar-refractivity contribution in [1.29, 1.82) is 0 Å². The van der Waals surface area contributed by atoms with Gasteiger partial charge in [0, 0.05) is 29.7 Å². The van der Waals surface area contributed by atoms with Crippen molar-refractivity contribution >= 4 is 10.9 Å². The first-order valence-electron chi connectivity index (χ1n) is 5.95. The maximum absolute atomic E-state index is 5.16. The van der Waals surface area contributed by atoms with E-state index in [2.05, 4.69) is 41.0 Å². The van der Waals surface area contributed by atoms with Gasteiger partial charge in [0.2, 0.25) is 0 Å². The second kappa shape index (κ2) is 4.57. The minimum atomic E-state index is 0.855. The molecular weight excluding hydrogens is 222 g/mol. The number of hydrogen-bond acceptors (Lipinski definition) is 1. The number of aromatic nitrogens is 1. The number of methoxy groups -OCH3 is 1. The molecule has 0 N–H and O–H groups in total. The predicted molar refractivity (Wildman–Crippen MR) is 72.9 cm³/mol. The Balaban J connectivity index is 1.91. The van der Waals surface area contributed by atoms with Crippen LogP contribution in [-0.2, 0) is 6.54 Å². The van der Waals surface area contributed by atoms with Gasteiger partial charge >= 0.3 is 0 Å². The normalized spacial score (nSPS) is 10.7. The quantitative estimate of drug-likeness (QED) is 0.679. The number of fused-ring (bicyclic) bond motifs is 1. The van der Waals surface area contributed by atoms with Crippen molar-refractivity contribution in [2.24, 2.45) is 0 Å². The molecule has 89 valence electrons. The highest BCUT2D eigenvalue weighted by molar-refractivity contribution is 5.79. The Morgan fingerprint density at radius 2 is 1.83 bits per heavy atom. The van der Waals surface area contributed by atoms with Crippen LogP contribution in [0.4, 0.5) is 0 Å². The van der Waals surface area contributed by atoms with E-state index in [9.17, 15) is 0 Å². The molecule has 0 atom stereocenters. The van der Waals surface area contributed by atoms with E-state index in [4.69, 9.17) is 4.74 Å². The highest BCUT2D eigenvalue weighted by Gasteiger charge is 2.01. The van der Waals surface area contributed by atoms with E-state index < -0.39 is 0 Å². The van der Waals surface area contributed by atoms with E-state index in [1.54, 1.807) is 7.11 Å². The fraction of sp³-hybridized carbons (Fsp3) is 0.125. The summed E-state index contributed by atoms with van der Waals surface area (Å²) in [6.07, 6.45) is 2.01. The second-order valence-corrected chi connectivity index (χ2v) is 4.27. The van der Waals surface area contributed by atoms with Gasteiger partial charge in [0.15, 0.2) is 0 Å². The van der Waals surface area contributed by atoms with E-state index in [0.717, 1.165) is 17.7 Å². The summed E-state index contributed by atoms with van der Waals surface area (Å²) in [4.78, 5) is 0. The van der Waals surface area contributed by atoms with Gasteiger partial charge in [0.05, 0.1) is 7.11 Å². The van der Waals surface area contributed by atoms with Crippen LogP contribution in [0.15, 0.2) is 54.7 Å². The van der Waals surface area contributed by atoms with Crippen molar-refractivity contribution in [3.63, 3.8) is 0 Å². The van der Waals surface area contributed by atoms with Crippen molar-refractivity contribution < 1.29 is 4.74 Å². The predicted octanol–water partition coefficient (Wildman–Crippen LogP) is 3.50. The molecule has 3 rings (SSSR count). The van der Waals surface area contributed by atoms with Crippen LogP contribution in [0.1, 0.15) is 5.56 Å². The lowest BCUT2D eigenvalue weighted by Crippen LogP contribution is -1.97. The monoisotopic (exact) mass is 236 g/mol. The molecule has 1 heterocycles. The Hall–Kier alpha value is -2.22. The van der Waals surface area contributed by atoms with Gasteiger partial charge in [0.25, 0.3) is 0 Å². The summed E-state index contributed by atoms with van der Waals surface area (Å²) in [6.45, 7) is 0.855. The van der Waals surface area contributed by atoms with Crippen LogP contribution in [0.25, 0.3) is 10.9 Å². The van der Waals surface area contributed by atoms with Crippen molar-refractivity contribution in [2.45, 2.75) is 6.54 Å². The van der Waals surface area contributed by atoms with Crippen LogP contribution in [0.3, 0.4) is 0 Å². The number of para-hydroxylation sites is 1. The smallest absolute Gasteiger partial charge is 0.118 e. The minimum absolute atomic E-state index is 0.855. The average Bonchev–Trinajstić information content (AvgIpc) is 2.83. The van der Waals surface area contributed by atoms with Crippen molar-refractivity contribution in [1.82, 2.24) is 4.57 Å². The third-order valence-electron chi connectivity index (χ3n) is 3.10. The summed E-state index contributed by atoms with van der Waals surface area (Å²) >= 11 is 0. The molecule has 0 fully saturated rings. The highest BCUT2D eigenvalue weighted by Crippen LogP contribution is 2.17. The Bertz CT molecular complexity index is 652. The van der Waals surface area contributed by atoms with Crippen LogP contribution in [0.5, 0.6) is 5.75 Å². The van der Waals surface area contributed by atoms with Gasteiger partial charge in [-0.25, -0.2) is 0 Å². The van der Waals surface area contributed by atoms with Gasteiger partial charge in [-0.05, 0) is 23.8 Å². The highest BCUT2D eigenvalue weighted by atomic mass is 16.5. The van der Waals surface area contributed by atoms with E-state index in [1.165, 1.54) is 11.1 Å². The second-order valence-electron chi connectivity index (χ2n) is 4.27. The van der Waals surface area contributed by atoms with Crippen molar-refractivity contribution in [3.8, 4) is 5.75 Å². The Kier molecular flexibility index (Phi) is 2.77. The molecule has 1 aromatic heterocycles. The summed E-state index contributed by atoms with van der Waals surface area (Å²) in [7, 11) is 1.68. The molecule has 2 aromatic carbocycles. The molecule has 1 radical (unpaired) electrons. The van der Waals surface area contributed by atoms with Gasteiger partial charge in [-0.2, -0.15) is 0 Å². The molecule has 18 heavy (non-hydrogen) atoms. The molecule has 0 bridgehead atoms. The summed E-state index contributed by atoms with van der Waals surface area (Å²) in [5.41, 5.74) is 2.47. The first-order chi connectivity index (χ1) is 8.86. The van der Waals surface area contributed by atoms with Crippen LogP contribution in [0.2, 0.25) is 0 Å². The fourth-order valence-corrected chi connectivity index (χ4v) is 2.12. The van der Waals surface area contributed by atoms with E-state index >= 15 is 0 Å². The molecule has 0 unspecified atom stereocenters. The van der Waals surface area contributed by atoms with E-state index in [-0.39, 0.29) is 0 Å². The number of rotatable bonds is 3. The summed E-state index contributed by atoms with van der Waals surface area (Å²) in [6, 6.07) is 19.7. The van der Waals surface area contributed by atoms with Crippen molar-refractivity contribution in [3.05, 3.63) is 66.4 Å². The van der Waals surface area contributed by atoms with Crippen LogP contribution in [-0.4, -0.2) is 11.7 Å². The molecule has 0 saturated heterocycles. The van der Waals surface area contributed by atoms with Crippen LogP contribution in [0, 0.1) is 6.07 Å². The van der Waals surface area contributed by atoms with Gasteiger partial charge < -0.3 is 9.30 Å². The lowest BCUT2D eigenvalue weighted by atomic mass is 10.2. The van der Waals surface area contributed by atoms with Crippen LogP contribution >= 0.6 is 0 Å². The van der Waals surface area contributed by atoms with Crippen LogP contribution < -0.4 is 4.74 Å². The fourth-order valence-electron chi connectivity index (χ4n) is 2.12. The molecule has 3 aromatic rings. The number of benzene rings is 2. The molecular formula is C16H14NO. The van der Waals surface area contributed by atoms with Gasteiger partial charge in [-0.15, -0.1) is 0 Å². The topological polar surface area (TPSA) is 14.2 Å². The average molecular weight is 236 g/mol. The largest absolute Gasteiger partial charge is 0.497 e. The zero-order valence-corrected chi connectivity index (χ0v) is 10.3. The van der Waals surface area contributed by atoms with E-state index in [1.807, 2.05) is 24.4 Å². The minimum Gasteiger partial charge on any atom is -0.497 e. The molecule has 0 saturated carbocycles. The summed E-state index contributed by atoms with van der Waals surface area (Å²) in [5.74, 6) is 0.891. The number of ether oxygens (including phenoxy) is 1. The Morgan fingerprint density at radius 3 is 2.61 bits per heavy atom. The first kappa shape index (κ1) is 10.9. The maximum Gasteiger partial charge on any atom is 0.118 e. The Labute approximate surface area is 106 Å². The zero-order chi connectivity index (χ0) is 12.4. The van der Waals surface area contributed by atoms with Crippen molar-refractivity contribution in [2.75, 3.05) is 7.11 Å². The molecule has 0 spiro atoms. The SMILES string of the molecule is COc1ccc(Cn2c[c]c3ccccc32)cc1. The molecule has 2 nitrogen and oxygen atoms in total. The molecule has 0 aliphatic heterocycles. The zero-order valence-electron chi connectivity index (χ0n) is 10.3. The first-order valence-corrected chi connectivity index (χ1v) is 5.95.